The maximum absolute atomic E-state index is 12.6. The first-order valence-corrected chi connectivity index (χ1v) is 8.88. The molecule has 2 N–H and O–H groups in total. The van der Waals surface area contributed by atoms with Gasteiger partial charge in [0.2, 0.25) is 0 Å². The molecule has 0 atom stereocenters. The molecule has 0 fully saturated rings. The van der Waals surface area contributed by atoms with E-state index in [1.165, 1.54) is 39.5 Å². The summed E-state index contributed by atoms with van der Waals surface area (Å²) in [7, 11) is 6.15. The molecule has 2 aromatic carbocycles. The standard InChI is InChI=1S/C20H24F3N3O4.HI/c1-24-19(25-11-13-7-5-6-8-16(13)30-20(21,22)23)26-12-15-17(28-3)9-14(27-2)10-18(15)29-4;/h5-10H,11-12H2,1-4H3,(H2,24,25,26);1H. The number of rotatable bonds is 8. The van der Waals surface area contributed by atoms with Crippen LogP contribution in [0, 0.1) is 0 Å². The smallest absolute Gasteiger partial charge is 0.496 e. The van der Waals surface area contributed by atoms with Crippen molar-refractivity contribution >= 4 is 29.9 Å². The molecule has 0 aliphatic heterocycles. The van der Waals surface area contributed by atoms with E-state index < -0.39 is 6.36 Å². The molecular formula is C20H25F3IN3O4. The lowest BCUT2D eigenvalue weighted by molar-refractivity contribution is -0.274. The molecule has 0 aromatic heterocycles. The number of aliphatic imine (C=N–C) groups is 1. The van der Waals surface area contributed by atoms with Gasteiger partial charge in [0.05, 0.1) is 33.4 Å². The summed E-state index contributed by atoms with van der Waals surface area (Å²) in [5.74, 6) is 1.79. The molecule has 0 radical (unpaired) electrons. The van der Waals surface area contributed by atoms with Crippen LogP contribution >= 0.6 is 24.0 Å². The normalized spacial score (nSPS) is 11.3. The van der Waals surface area contributed by atoms with Gasteiger partial charge in [0.25, 0.3) is 0 Å². The predicted molar refractivity (Wildman–Crippen MR) is 122 cm³/mol. The van der Waals surface area contributed by atoms with Gasteiger partial charge in [-0.1, -0.05) is 18.2 Å². The summed E-state index contributed by atoms with van der Waals surface area (Å²) >= 11 is 0. The minimum atomic E-state index is -4.77. The van der Waals surface area contributed by atoms with Gasteiger partial charge in [-0.15, -0.1) is 37.1 Å². The molecule has 0 aliphatic carbocycles. The van der Waals surface area contributed by atoms with E-state index in [9.17, 15) is 13.2 Å². The molecule has 0 amide bonds. The van der Waals surface area contributed by atoms with Crippen LogP contribution in [0.15, 0.2) is 41.4 Å². The molecule has 0 aliphatic rings. The molecule has 2 rings (SSSR count). The van der Waals surface area contributed by atoms with Crippen molar-refractivity contribution in [3.8, 4) is 23.0 Å². The van der Waals surface area contributed by atoms with Crippen molar-refractivity contribution in [2.75, 3.05) is 28.4 Å². The van der Waals surface area contributed by atoms with Crippen LogP contribution in [-0.2, 0) is 13.1 Å². The minimum Gasteiger partial charge on any atom is -0.496 e. The summed E-state index contributed by atoms with van der Waals surface area (Å²) in [4.78, 5) is 4.09. The van der Waals surface area contributed by atoms with E-state index in [4.69, 9.17) is 14.2 Å². The second-order valence-electron chi connectivity index (χ2n) is 5.95. The molecule has 0 spiro atoms. The molecule has 0 unspecified atom stereocenters. The van der Waals surface area contributed by atoms with Crippen molar-refractivity contribution in [1.29, 1.82) is 0 Å². The quantitative estimate of drug-likeness (QED) is 0.291. The first-order valence-electron chi connectivity index (χ1n) is 8.88. The van der Waals surface area contributed by atoms with Crippen molar-refractivity contribution in [3.63, 3.8) is 0 Å². The Labute approximate surface area is 195 Å². The van der Waals surface area contributed by atoms with E-state index >= 15 is 0 Å². The number of ether oxygens (including phenoxy) is 4. The van der Waals surface area contributed by atoms with Crippen LogP contribution in [0.5, 0.6) is 23.0 Å². The molecule has 2 aromatic rings. The molecule has 0 heterocycles. The highest BCUT2D eigenvalue weighted by atomic mass is 127. The second-order valence-corrected chi connectivity index (χ2v) is 5.95. The third-order valence-electron chi connectivity index (χ3n) is 4.12. The zero-order chi connectivity index (χ0) is 22.1. The lowest BCUT2D eigenvalue weighted by Crippen LogP contribution is -2.36. The van der Waals surface area contributed by atoms with Gasteiger partial charge in [0, 0.05) is 31.3 Å². The molecule has 172 valence electrons. The fourth-order valence-corrected chi connectivity index (χ4v) is 2.70. The zero-order valence-electron chi connectivity index (χ0n) is 17.5. The molecule has 0 saturated heterocycles. The Kier molecular flexibility index (Phi) is 10.5. The summed E-state index contributed by atoms with van der Waals surface area (Å²) in [6.45, 7) is 0.361. The first-order chi connectivity index (χ1) is 14.3. The van der Waals surface area contributed by atoms with Crippen LogP contribution in [0.1, 0.15) is 11.1 Å². The van der Waals surface area contributed by atoms with Gasteiger partial charge >= 0.3 is 6.36 Å². The Balaban J connectivity index is 0.00000480. The van der Waals surface area contributed by atoms with Crippen molar-refractivity contribution in [1.82, 2.24) is 10.6 Å². The number of hydrogen-bond acceptors (Lipinski definition) is 5. The largest absolute Gasteiger partial charge is 0.573 e. The van der Waals surface area contributed by atoms with E-state index in [-0.39, 0.29) is 42.8 Å². The van der Waals surface area contributed by atoms with Crippen molar-refractivity contribution in [2.45, 2.75) is 19.5 Å². The van der Waals surface area contributed by atoms with Crippen molar-refractivity contribution in [3.05, 3.63) is 47.5 Å². The lowest BCUT2D eigenvalue weighted by atomic mass is 10.1. The van der Waals surface area contributed by atoms with E-state index in [1.54, 1.807) is 25.2 Å². The highest BCUT2D eigenvalue weighted by molar-refractivity contribution is 14.0. The Hall–Kier alpha value is -2.57. The second kappa shape index (κ2) is 12.3. The maximum atomic E-state index is 12.6. The number of nitrogens with one attached hydrogen (secondary N) is 2. The van der Waals surface area contributed by atoms with Gasteiger partial charge in [0.1, 0.15) is 23.0 Å². The van der Waals surface area contributed by atoms with E-state index in [0.29, 0.717) is 28.8 Å². The lowest BCUT2D eigenvalue weighted by Gasteiger charge is -2.18. The predicted octanol–water partition coefficient (Wildman–Crippen LogP) is 4.09. The van der Waals surface area contributed by atoms with E-state index in [2.05, 4.69) is 20.4 Å². The molecule has 7 nitrogen and oxygen atoms in total. The van der Waals surface area contributed by atoms with Crippen molar-refractivity contribution in [2.24, 2.45) is 4.99 Å². The monoisotopic (exact) mass is 555 g/mol. The number of guanidine groups is 1. The summed E-state index contributed by atoms with van der Waals surface area (Å²) in [6, 6.07) is 9.34. The summed E-state index contributed by atoms with van der Waals surface area (Å²) in [6.07, 6.45) is -4.77. The highest BCUT2D eigenvalue weighted by Gasteiger charge is 2.31. The molecule has 11 heteroatoms. The van der Waals surface area contributed by atoms with Crippen LogP contribution in [0.4, 0.5) is 13.2 Å². The third kappa shape index (κ3) is 7.89. The number of para-hydroxylation sites is 1. The van der Waals surface area contributed by atoms with Crippen LogP contribution in [0.3, 0.4) is 0 Å². The summed E-state index contributed by atoms with van der Waals surface area (Å²) in [5.41, 5.74) is 1.06. The Morgan fingerprint density at radius 3 is 2.00 bits per heavy atom. The number of nitrogens with zero attached hydrogens (tertiary/aromatic N) is 1. The Bertz CT molecular complexity index is 854. The van der Waals surface area contributed by atoms with Crippen LogP contribution < -0.4 is 29.6 Å². The van der Waals surface area contributed by atoms with E-state index in [0.717, 1.165) is 5.56 Å². The summed E-state index contributed by atoms with van der Waals surface area (Å²) < 4.78 is 57.8. The number of alkyl halides is 3. The SMILES string of the molecule is CN=C(NCc1ccccc1OC(F)(F)F)NCc1c(OC)cc(OC)cc1OC.I. The molecular weight excluding hydrogens is 530 g/mol. The average Bonchev–Trinajstić information content (AvgIpc) is 2.73. The number of hydrogen-bond donors (Lipinski definition) is 2. The minimum absolute atomic E-state index is 0. The van der Waals surface area contributed by atoms with Gasteiger partial charge < -0.3 is 29.6 Å². The van der Waals surface area contributed by atoms with Gasteiger partial charge in [-0.25, -0.2) is 0 Å². The molecule has 31 heavy (non-hydrogen) atoms. The topological polar surface area (TPSA) is 73.3 Å². The molecule has 0 saturated carbocycles. The summed E-state index contributed by atoms with van der Waals surface area (Å²) in [5, 5.41) is 6.05. The maximum Gasteiger partial charge on any atom is 0.573 e. The first kappa shape index (κ1) is 26.5. The van der Waals surface area contributed by atoms with Gasteiger partial charge in [-0.2, -0.15) is 0 Å². The van der Waals surface area contributed by atoms with Gasteiger partial charge in [0.15, 0.2) is 5.96 Å². The van der Waals surface area contributed by atoms with Crippen LogP contribution in [0.25, 0.3) is 0 Å². The zero-order valence-corrected chi connectivity index (χ0v) is 19.8. The molecule has 0 bridgehead atoms. The number of methoxy groups -OCH3 is 3. The number of benzene rings is 2. The number of halogens is 4. The Morgan fingerprint density at radius 2 is 1.48 bits per heavy atom. The fourth-order valence-electron chi connectivity index (χ4n) is 2.70. The Morgan fingerprint density at radius 1 is 0.903 bits per heavy atom. The van der Waals surface area contributed by atoms with Gasteiger partial charge in [-0.3, -0.25) is 4.99 Å². The average molecular weight is 555 g/mol. The van der Waals surface area contributed by atoms with Gasteiger partial charge in [-0.05, 0) is 6.07 Å². The highest BCUT2D eigenvalue weighted by Crippen LogP contribution is 2.34. The fraction of sp³-hybridized carbons (Fsp3) is 0.350. The van der Waals surface area contributed by atoms with Crippen LogP contribution in [-0.4, -0.2) is 40.7 Å². The third-order valence-corrected chi connectivity index (χ3v) is 4.12. The van der Waals surface area contributed by atoms with E-state index in [1.807, 2.05) is 0 Å². The van der Waals surface area contributed by atoms with Crippen LogP contribution in [0.2, 0.25) is 0 Å². The van der Waals surface area contributed by atoms with Crippen molar-refractivity contribution < 1.29 is 32.1 Å².